The molecule has 0 saturated carbocycles. The molecule has 0 aliphatic heterocycles. The molecule has 1 atom stereocenters. The van der Waals surface area contributed by atoms with Crippen molar-refractivity contribution >= 4 is 28.6 Å². The number of nitro benzene ring substituents is 1. The first-order chi connectivity index (χ1) is 9.06. The number of non-ortho nitro benzene ring substituents is 1. The molecule has 0 aliphatic rings. The fraction of sp³-hybridized carbons (Fsp3) is 0.231. The third kappa shape index (κ3) is 3.76. The Kier molecular flexibility index (Phi) is 4.52. The van der Waals surface area contributed by atoms with E-state index in [0.29, 0.717) is 6.54 Å². The minimum absolute atomic E-state index is 0.0424. The van der Waals surface area contributed by atoms with Crippen LogP contribution in [0.4, 0.5) is 5.69 Å². The third-order valence-corrected chi connectivity index (χ3v) is 4.02. The summed E-state index contributed by atoms with van der Waals surface area (Å²) in [5, 5.41) is 14.1. The second-order valence-corrected chi connectivity index (χ2v) is 5.96. The lowest BCUT2D eigenvalue weighted by atomic mass is 10.1. The Bertz CT molecular complexity index is 586. The highest BCUT2D eigenvalue weighted by Crippen LogP contribution is 2.23. The second kappa shape index (κ2) is 6.14. The molecule has 0 bridgehead atoms. The molecule has 19 heavy (non-hydrogen) atoms. The van der Waals surface area contributed by atoms with E-state index >= 15 is 0 Å². The number of thiophene rings is 1. The number of nitro groups is 1. The van der Waals surface area contributed by atoms with E-state index in [-0.39, 0.29) is 16.7 Å². The highest BCUT2D eigenvalue weighted by molar-refractivity contribution is 7.16. The molecule has 1 aromatic carbocycles. The smallest absolute Gasteiger partial charge is 0.269 e. The molecule has 0 amide bonds. The standard InChI is InChI=1S/C13H13ClN2O2S/c1-9(15-8-12-5-6-13(14)19-12)10-3-2-4-11(7-10)16(17)18/h2-7,9,15H,8H2,1H3. The Morgan fingerprint density at radius 3 is 2.84 bits per heavy atom. The molecule has 0 aliphatic carbocycles. The summed E-state index contributed by atoms with van der Waals surface area (Å²) in [6.45, 7) is 2.68. The zero-order valence-corrected chi connectivity index (χ0v) is 11.9. The van der Waals surface area contributed by atoms with Crippen molar-refractivity contribution in [1.29, 1.82) is 0 Å². The number of rotatable bonds is 5. The molecule has 2 rings (SSSR count). The zero-order chi connectivity index (χ0) is 13.8. The predicted molar refractivity (Wildman–Crippen MR) is 77.7 cm³/mol. The Hall–Kier alpha value is -1.43. The first-order valence-electron chi connectivity index (χ1n) is 5.78. The highest BCUT2D eigenvalue weighted by Gasteiger charge is 2.10. The summed E-state index contributed by atoms with van der Waals surface area (Å²) >= 11 is 7.39. The fourth-order valence-electron chi connectivity index (χ4n) is 1.73. The maximum absolute atomic E-state index is 10.7. The molecule has 6 heteroatoms. The van der Waals surface area contributed by atoms with Crippen LogP contribution in [0.5, 0.6) is 0 Å². The van der Waals surface area contributed by atoms with Gasteiger partial charge in [-0.25, -0.2) is 0 Å². The van der Waals surface area contributed by atoms with E-state index in [1.807, 2.05) is 25.1 Å². The molecule has 0 spiro atoms. The summed E-state index contributed by atoms with van der Waals surface area (Å²) in [5.74, 6) is 0. The Labute approximate surface area is 120 Å². The molecule has 0 radical (unpaired) electrons. The average molecular weight is 297 g/mol. The summed E-state index contributed by atoms with van der Waals surface area (Å²) in [6.07, 6.45) is 0. The molecule has 1 heterocycles. The maximum atomic E-state index is 10.7. The van der Waals surface area contributed by atoms with Crippen LogP contribution in [-0.4, -0.2) is 4.92 Å². The topological polar surface area (TPSA) is 55.2 Å². The first kappa shape index (κ1) is 14.0. The number of benzene rings is 1. The monoisotopic (exact) mass is 296 g/mol. The van der Waals surface area contributed by atoms with Gasteiger partial charge in [-0.05, 0) is 24.6 Å². The van der Waals surface area contributed by atoms with E-state index in [4.69, 9.17) is 11.6 Å². The number of halogens is 1. The van der Waals surface area contributed by atoms with Gasteiger partial charge >= 0.3 is 0 Å². The van der Waals surface area contributed by atoms with Gasteiger partial charge in [0, 0.05) is 29.6 Å². The van der Waals surface area contributed by atoms with Crippen LogP contribution < -0.4 is 5.32 Å². The summed E-state index contributed by atoms with van der Waals surface area (Å²) in [5.41, 5.74) is 1.02. The van der Waals surface area contributed by atoms with E-state index in [0.717, 1.165) is 14.8 Å². The van der Waals surface area contributed by atoms with Crippen molar-refractivity contribution in [3.05, 3.63) is 61.3 Å². The number of nitrogens with one attached hydrogen (secondary N) is 1. The molecule has 100 valence electrons. The highest BCUT2D eigenvalue weighted by atomic mass is 35.5. The Morgan fingerprint density at radius 2 is 2.21 bits per heavy atom. The summed E-state index contributed by atoms with van der Waals surface area (Å²) in [7, 11) is 0. The Morgan fingerprint density at radius 1 is 1.42 bits per heavy atom. The van der Waals surface area contributed by atoms with E-state index < -0.39 is 0 Å². The van der Waals surface area contributed by atoms with Crippen LogP contribution in [-0.2, 0) is 6.54 Å². The summed E-state index contributed by atoms with van der Waals surface area (Å²) in [4.78, 5) is 11.5. The number of nitrogens with zero attached hydrogens (tertiary/aromatic N) is 1. The van der Waals surface area contributed by atoms with Gasteiger partial charge in [0.25, 0.3) is 5.69 Å². The minimum atomic E-state index is -0.380. The molecule has 0 fully saturated rings. The van der Waals surface area contributed by atoms with E-state index in [1.165, 1.54) is 17.4 Å². The van der Waals surface area contributed by atoms with Crippen LogP contribution in [0.3, 0.4) is 0 Å². The van der Waals surface area contributed by atoms with Gasteiger partial charge < -0.3 is 5.32 Å². The van der Waals surface area contributed by atoms with Crippen molar-refractivity contribution in [2.45, 2.75) is 19.5 Å². The Balaban J connectivity index is 2.01. The molecule has 4 nitrogen and oxygen atoms in total. The predicted octanol–water partition coefficient (Wildman–Crippen LogP) is 4.16. The molecule has 0 saturated heterocycles. The van der Waals surface area contributed by atoms with Crippen molar-refractivity contribution in [2.24, 2.45) is 0 Å². The lowest BCUT2D eigenvalue weighted by Crippen LogP contribution is -2.17. The van der Waals surface area contributed by atoms with Crippen molar-refractivity contribution in [1.82, 2.24) is 5.32 Å². The molecule has 1 aromatic heterocycles. The summed E-state index contributed by atoms with van der Waals surface area (Å²) < 4.78 is 0.764. The van der Waals surface area contributed by atoms with Crippen molar-refractivity contribution in [3.63, 3.8) is 0 Å². The van der Waals surface area contributed by atoms with Crippen LogP contribution in [0.15, 0.2) is 36.4 Å². The normalized spacial score (nSPS) is 12.3. The number of hydrogen-bond donors (Lipinski definition) is 1. The van der Waals surface area contributed by atoms with E-state index in [9.17, 15) is 10.1 Å². The van der Waals surface area contributed by atoms with Crippen LogP contribution in [0, 0.1) is 10.1 Å². The minimum Gasteiger partial charge on any atom is -0.305 e. The van der Waals surface area contributed by atoms with Crippen LogP contribution in [0.25, 0.3) is 0 Å². The molecular formula is C13H13ClN2O2S. The van der Waals surface area contributed by atoms with Gasteiger partial charge in [0.05, 0.1) is 9.26 Å². The maximum Gasteiger partial charge on any atom is 0.269 e. The average Bonchev–Trinajstić information content (AvgIpc) is 2.82. The van der Waals surface area contributed by atoms with Crippen LogP contribution in [0.1, 0.15) is 23.4 Å². The number of hydrogen-bond acceptors (Lipinski definition) is 4. The van der Waals surface area contributed by atoms with E-state index in [2.05, 4.69) is 5.32 Å². The van der Waals surface area contributed by atoms with Crippen molar-refractivity contribution in [2.75, 3.05) is 0 Å². The quantitative estimate of drug-likeness (QED) is 0.666. The summed E-state index contributed by atoms with van der Waals surface area (Å²) in [6, 6.07) is 10.6. The van der Waals surface area contributed by atoms with Gasteiger partial charge in [-0.1, -0.05) is 23.7 Å². The van der Waals surface area contributed by atoms with Gasteiger partial charge in [0.2, 0.25) is 0 Å². The fourth-order valence-corrected chi connectivity index (χ4v) is 2.76. The zero-order valence-electron chi connectivity index (χ0n) is 10.3. The van der Waals surface area contributed by atoms with Crippen molar-refractivity contribution in [3.8, 4) is 0 Å². The first-order valence-corrected chi connectivity index (χ1v) is 6.97. The molecule has 2 aromatic rings. The molecule has 1 N–H and O–H groups in total. The van der Waals surface area contributed by atoms with Crippen LogP contribution in [0.2, 0.25) is 4.34 Å². The third-order valence-electron chi connectivity index (χ3n) is 2.79. The SMILES string of the molecule is CC(NCc1ccc(Cl)s1)c1cccc([N+](=O)[O-])c1. The van der Waals surface area contributed by atoms with Gasteiger partial charge in [0.15, 0.2) is 0 Å². The van der Waals surface area contributed by atoms with Gasteiger partial charge in [-0.2, -0.15) is 0 Å². The lowest BCUT2D eigenvalue weighted by Gasteiger charge is -2.13. The largest absolute Gasteiger partial charge is 0.305 e. The van der Waals surface area contributed by atoms with Gasteiger partial charge in [-0.15, -0.1) is 11.3 Å². The van der Waals surface area contributed by atoms with Gasteiger partial charge in [0.1, 0.15) is 0 Å². The lowest BCUT2D eigenvalue weighted by molar-refractivity contribution is -0.384. The second-order valence-electron chi connectivity index (χ2n) is 4.16. The van der Waals surface area contributed by atoms with Gasteiger partial charge in [-0.3, -0.25) is 10.1 Å². The molecular weight excluding hydrogens is 284 g/mol. The van der Waals surface area contributed by atoms with Crippen LogP contribution >= 0.6 is 22.9 Å². The molecule has 1 unspecified atom stereocenters. The van der Waals surface area contributed by atoms with Crippen molar-refractivity contribution < 1.29 is 4.92 Å². The van der Waals surface area contributed by atoms with E-state index in [1.54, 1.807) is 12.1 Å².